The van der Waals surface area contributed by atoms with Crippen LogP contribution in [0.4, 0.5) is 0 Å². The normalized spacial score (nSPS) is 23.7. The molecule has 2 aliphatic rings. The monoisotopic (exact) mass is 843 g/mol. The molecular formula is C46H57N3O8S2. The standard InChI is InChI=1S/C46H57N3O8S2/c1-5-9-25-45(7-3)30-58(52,53)39-27-34(21-23-36(39)42(48-45)32-17-13-11-14-18-32)56-41(50)29-38(47)44(51)57-35-22-24-37-40(28-35)59(54,55)31-46(8-4,26-10-6-2)49-43(37)33-19-15-12-16-20-33/h11-24,27-28,38,42-43,48-49H,5-10,25-26,29-31,47H2,1-4H3/t38?,42-,43-,45-,46-/m0/s1. The van der Waals surface area contributed by atoms with E-state index in [1.807, 2.05) is 74.5 Å². The van der Waals surface area contributed by atoms with E-state index in [-0.39, 0.29) is 32.8 Å². The van der Waals surface area contributed by atoms with E-state index in [1.54, 1.807) is 18.2 Å². The number of carbonyl (C=O) groups excluding carboxylic acids is 2. The van der Waals surface area contributed by atoms with E-state index < -0.39 is 67.2 Å². The first-order valence-electron chi connectivity index (χ1n) is 20.7. The molecule has 5 atom stereocenters. The lowest BCUT2D eigenvalue weighted by Gasteiger charge is -2.35. The lowest BCUT2D eigenvalue weighted by molar-refractivity contribution is -0.142. The Labute approximate surface area is 349 Å². The molecule has 1 unspecified atom stereocenters. The third-order valence-electron chi connectivity index (χ3n) is 11.9. The largest absolute Gasteiger partial charge is 0.426 e. The highest BCUT2D eigenvalue weighted by molar-refractivity contribution is 7.91. The molecule has 4 aromatic rings. The Morgan fingerprint density at radius 1 is 0.661 bits per heavy atom. The highest BCUT2D eigenvalue weighted by Crippen LogP contribution is 2.41. The van der Waals surface area contributed by atoms with Crippen LogP contribution in [0.25, 0.3) is 0 Å². The van der Waals surface area contributed by atoms with Gasteiger partial charge in [0.15, 0.2) is 19.7 Å². The van der Waals surface area contributed by atoms with Crippen molar-refractivity contribution < 1.29 is 35.9 Å². The average Bonchev–Trinajstić information content (AvgIpc) is 3.39. The first kappa shape index (κ1) is 44.2. The number of sulfone groups is 2. The summed E-state index contributed by atoms with van der Waals surface area (Å²) in [5.74, 6) is -2.09. The van der Waals surface area contributed by atoms with Crippen molar-refractivity contribution in [3.63, 3.8) is 0 Å². The van der Waals surface area contributed by atoms with Gasteiger partial charge in [-0.05, 0) is 72.2 Å². The van der Waals surface area contributed by atoms with Crippen molar-refractivity contribution in [1.29, 1.82) is 0 Å². The molecule has 0 fully saturated rings. The lowest BCUT2D eigenvalue weighted by atomic mass is 9.88. The summed E-state index contributed by atoms with van der Waals surface area (Å²) < 4.78 is 67.7. The number of nitrogens with two attached hydrogens (primary N) is 1. The summed E-state index contributed by atoms with van der Waals surface area (Å²) in [7, 11) is -7.70. The van der Waals surface area contributed by atoms with Gasteiger partial charge in [-0.1, -0.05) is 126 Å². The van der Waals surface area contributed by atoms with Crippen LogP contribution in [0.2, 0.25) is 0 Å². The molecule has 59 heavy (non-hydrogen) atoms. The maximum atomic E-state index is 14.1. The molecular weight excluding hydrogens is 787 g/mol. The van der Waals surface area contributed by atoms with Crippen LogP contribution in [0.3, 0.4) is 0 Å². The van der Waals surface area contributed by atoms with E-state index in [2.05, 4.69) is 24.5 Å². The second-order valence-electron chi connectivity index (χ2n) is 16.1. The Kier molecular flexibility index (Phi) is 13.8. The van der Waals surface area contributed by atoms with Gasteiger partial charge in [-0.3, -0.25) is 15.4 Å². The Morgan fingerprint density at radius 3 is 1.49 bits per heavy atom. The van der Waals surface area contributed by atoms with Crippen molar-refractivity contribution in [2.75, 3.05) is 11.5 Å². The van der Waals surface area contributed by atoms with Crippen molar-refractivity contribution in [3.8, 4) is 11.5 Å². The number of nitrogens with one attached hydrogen (secondary N) is 2. The minimum Gasteiger partial charge on any atom is -0.426 e. The third-order valence-corrected chi connectivity index (χ3v) is 15.8. The molecule has 0 radical (unpaired) electrons. The summed E-state index contributed by atoms with van der Waals surface area (Å²) in [4.78, 5) is 26.7. The molecule has 0 saturated carbocycles. The van der Waals surface area contributed by atoms with Crippen LogP contribution in [0.1, 0.15) is 120 Å². The van der Waals surface area contributed by atoms with E-state index in [9.17, 15) is 26.4 Å². The fourth-order valence-electron chi connectivity index (χ4n) is 8.43. The molecule has 2 aliphatic heterocycles. The molecule has 13 heteroatoms. The highest BCUT2D eigenvalue weighted by atomic mass is 32.2. The Morgan fingerprint density at radius 2 is 1.08 bits per heavy atom. The van der Waals surface area contributed by atoms with Gasteiger partial charge >= 0.3 is 11.9 Å². The first-order chi connectivity index (χ1) is 28.2. The molecule has 4 aromatic carbocycles. The van der Waals surface area contributed by atoms with Crippen molar-refractivity contribution >= 4 is 31.6 Å². The van der Waals surface area contributed by atoms with Crippen LogP contribution in [0.15, 0.2) is 107 Å². The SMILES string of the molecule is CCCC[C@@]1(CC)CS(=O)(=O)c2cc(OC(=O)CC(N)C(=O)Oc3ccc4c(c3)S(=O)(=O)C[C@](CC)(CCCC)N[C@H]4c3ccccc3)ccc2[C@H](c2ccccc2)N1. The third kappa shape index (κ3) is 9.98. The van der Waals surface area contributed by atoms with Gasteiger partial charge in [-0.15, -0.1) is 0 Å². The number of ether oxygens (including phenoxy) is 2. The van der Waals surface area contributed by atoms with E-state index in [1.165, 1.54) is 18.2 Å². The zero-order valence-corrected chi connectivity index (χ0v) is 36.0. The summed E-state index contributed by atoms with van der Waals surface area (Å²) >= 11 is 0. The predicted molar refractivity (Wildman–Crippen MR) is 229 cm³/mol. The fraction of sp³-hybridized carbons (Fsp3) is 0.435. The Bertz CT molecular complexity index is 2340. The molecule has 0 saturated heterocycles. The summed E-state index contributed by atoms with van der Waals surface area (Å²) in [6.07, 6.45) is 5.53. The number of benzene rings is 4. The average molecular weight is 844 g/mol. The van der Waals surface area contributed by atoms with Gasteiger partial charge in [0.1, 0.15) is 17.5 Å². The van der Waals surface area contributed by atoms with Crippen molar-refractivity contribution in [1.82, 2.24) is 10.6 Å². The van der Waals surface area contributed by atoms with E-state index in [0.29, 0.717) is 36.8 Å². The maximum Gasteiger partial charge on any atom is 0.328 e. The first-order valence-corrected chi connectivity index (χ1v) is 24.0. The fourth-order valence-corrected chi connectivity index (χ4v) is 12.7. The quantitative estimate of drug-likeness (QED) is 0.0799. The molecule has 0 amide bonds. The number of hydrogen-bond donors (Lipinski definition) is 3. The molecule has 0 spiro atoms. The number of esters is 2. The molecule has 316 valence electrons. The van der Waals surface area contributed by atoms with Crippen molar-refractivity contribution in [2.24, 2.45) is 5.73 Å². The Hall–Kier alpha value is -4.40. The number of fused-ring (bicyclic) bond motifs is 2. The zero-order chi connectivity index (χ0) is 42.4. The van der Waals surface area contributed by atoms with Gasteiger partial charge in [0.25, 0.3) is 0 Å². The molecule has 0 bridgehead atoms. The van der Waals surface area contributed by atoms with E-state index in [0.717, 1.165) is 36.8 Å². The van der Waals surface area contributed by atoms with E-state index >= 15 is 0 Å². The highest BCUT2D eigenvalue weighted by Gasteiger charge is 2.43. The van der Waals surface area contributed by atoms with Crippen molar-refractivity contribution in [3.05, 3.63) is 119 Å². The lowest BCUT2D eigenvalue weighted by Crippen LogP contribution is -2.50. The van der Waals surface area contributed by atoms with Crippen LogP contribution < -0.4 is 25.8 Å². The second-order valence-corrected chi connectivity index (χ2v) is 20.0. The number of unbranched alkanes of at least 4 members (excludes halogenated alkanes) is 2. The van der Waals surface area contributed by atoms with Crippen LogP contribution in [-0.4, -0.2) is 57.4 Å². The predicted octanol–water partition coefficient (Wildman–Crippen LogP) is 7.53. The molecule has 0 aromatic heterocycles. The molecule has 2 heterocycles. The molecule has 11 nitrogen and oxygen atoms in total. The zero-order valence-electron chi connectivity index (χ0n) is 34.4. The van der Waals surface area contributed by atoms with Gasteiger partial charge in [0, 0.05) is 11.1 Å². The smallest absolute Gasteiger partial charge is 0.328 e. The van der Waals surface area contributed by atoms with Gasteiger partial charge in [-0.25, -0.2) is 21.6 Å². The van der Waals surface area contributed by atoms with Crippen LogP contribution in [0, 0.1) is 0 Å². The second kappa shape index (κ2) is 18.5. The Balaban J connectivity index is 1.21. The maximum absolute atomic E-state index is 14.1. The minimum absolute atomic E-state index is 0.00175. The van der Waals surface area contributed by atoms with Crippen LogP contribution in [-0.2, 0) is 29.3 Å². The molecule has 4 N–H and O–H groups in total. The molecule has 0 aliphatic carbocycles. The van der Waals surface area contributed by atoms with Gasteiger partial charge in [0.05, 0.1) is 39.8 Å². The van der Waals surface area contributed by atoms with Gasteiger partial charge in [0.2, 0.25) is 0 Å². The summed E-state index contributed by atoms with van der Waals surface area (Å²) in [6, 6.07) is 26.1. The minimum atomic E-state index is -3.86. The van der Waals surface area contributed by atoms with E-state index in [4.69, 9.17) is 15.2 Å². The number of rotatable bonds is 15. The summed E-state index contributed by atoms with van der Waals surface area (Å²) in [6.45, 7) is 8.15. The number of hydrogen-bond acceptors (Lipinski definition) is 11. The van der Waals surface area contributed by atoms with Gasteiger partial charge < -0.3 is 15.2 Å². The number of carbonyl (C=O) groups is 2. The summed E-state index contributed by atoms with van der Waals surface area (Å²) in [5.41, 5.74) is 7.74. The van der Waals surface area contributed by atoms with Gasteiger partial charge in [-0.2, -0.15) is 0 Å². The van der Waals surface area contributed by atoms with Crippen LogP contribution in [0.5, 0.6) is 11.5 Å². The summed E-state index contributed by atoms with van der Waals surface area (Å²) in [5, 5.41) is 7.43. The molecule has 6 rings (SSSR count). The van der Waals surface area contributed by atoms with Crippen molar-refractivity contribution in [2.45, 2.75) is 124 Å². The topological polar surface area (TPSA) is 171 Å². The van der Waals surface area contributed by atoms with Crippen LogP contribution >= 0.6 is 0 Å².